The Morgan fingerprint density at radius 2 is 2.13 bits per heavy atom. The molecule has 0 aliphatic rings. The second kappa shape index (κ2) is 8.23. The number of hydrogen-bond acceptors (Lipinski definition) is 6. The first-order valence-corrected chi connectivity index (χ1v) is 8.04. The molecule has 0 fully saturated rings. The van der Waals surface area contributed by atoms with E-state index in [1.807, 2.05) is 6.92 Å². The van der Waals surface area contributed by atoms with Crippen molar-refractivity contribution in [1.82, 2.24) is 9.59 Å². The molecule has 0 atom stereocenters. The minimum Gasteiger partial charge on any atom is -0.495 e. The number of ether oxygens (including phenoxy) is 1. The number of amides is 2. The molecule has 0 bridgehead atoms. The molecule has 7 nitrogen and oxygen atoms in total. The Labute approximate surface area is 138 Å². The summed E-state index contributed by atoms with van der Waals surface area (Å²) in [6, 6.07) is 5.03. The first-order valence-electron chi connectivity index (χ1n) is 7.20. The van der Waals surface area contributed by atoms with E-state index < -0.39 is 0 Å². The van der Waals surface area contributed by atoms with Gasteiger partial charge in [-0.25, -0.2) is 0 Å². The monoisotopic (exact) mass is 334 g/mol. The van der Waals surface area contributed by atoms with Crippen molar-refractivity contribution in [2.45, 2.75) is 26.2 Å². The maximum atomic E-state index is 12.0. The van der Waals surface area contributed by atoms with Crippen LogP contribution in [0, 0.1) is 0 Å². The Balaban J connectivity index is 2.11. The summed E-state index contributed by atoms with van der Waals surface area (Å²) in [4.78, 5) is 23.9. The molecule has 2 N–H and O–H groups in total. The van der Waals surface area contributed by atoms with Crippen LogP contribution in [0.4, 0.5) is 11.4 Å². The van der Waals surface area contributed by atoms with Crippen LogP contribution in [0.25, 0.3) is 0 Å². The zero-order valence-corrected chi connectivity index (χ0v) is 13.8. The van der Waals surface area contributed by atoms with Crippen LogP contribution in [-0.4, -0.2) is 28.5 Å². The minimum absolute atomic E-state index is 0.0858. The SMILES string of the molecule is CCCCC(=O)Nc1cc(NC(=O)c2csnn2)ccc1OC. The minimum atomic E-state index is -0.354. The van der Waals surface area contributed by atoms with Gasteiger partial charge in [0.1, 0.15) is 5.75 Å². The molecular weight excluding hydrogens is 316 g/mol. The van der Waals surface area contributed by atoms with Crippen LogP contribution >= 0.6 is 11.5 Å². The van der Waals surface area contributed by atoms with Gasteiger partial charge >= 0.3 is 0 Å². The Morgan fingerprint density at radius 3 is 2.78 bits per heavy atom. The molecule has 0 saturated carbocycles. The summed E-state index contributed by atoms with van der Waals surface area (Å²) in [5.74, 6) is 0.0904. The quantitative estimate of drug-likeness (QED) is 0.812. The lowest BCUT2D eigenvalue weighted by Gasteiger charge is -2.12. The highest BCUT2D eigenvalue weighted by molar-refractivity contribution is 7.03. The van der Waals surface area contributed by atoms with Crippen LogP contribution in [0.5, 0.6) is 5.75 Å². The average Bonchev–Trinajstić information content (AvgIpc) is 3.08. The maximum Gasteiger partial charge on any atom is 0.277 e. The number of aromatic nitrogens is 2. The number of hydrogen-bond donors (Lipinski definition) is 2. The Hall–Kier alpha value is -2.48. The molecule has 0 spiro atoms. The van der Waals surface area contributed by atoms with E-state index in [-0.39, 0.29) is 17.5 Å². The molecule has 1 aromatic heterocycles. The largest absolute Gasteiger partial charge is 0.495 e. The molecule has 0 aliphatic heterocycles. The molecule has 0 aliphatic carbocycles. The smallest absolute Gasteiger partial charge is 0.277 e. The second-order valence-corrected chi connectivity index (χ2v) is 5.42. The third-order valence-electron chi connectivity index (χ3n) is 3.08. The summed E-state index contributed by atoms with van der Waals surface area (Å²) >= 11 is 1.10. The lowest BCUT2D eigenvalue weighted by atomic mass is 10.2. The van der Waals surface area contributed by atoms with Crippen molar-refractivity contribution in [2.75, 3.05) is 17.7 Å². The van der Waals surface area contributed by atoms with Gasteiger partial charge in [-0.1, -0.05) is 17.8 Å². The Bertz CT molecular complexity index is 673. The van der Waals surface area contributed by atoms with E-state index in [0.717, 1.165) is 24.4 Å². The summed E-state index contributed by atoms with van der Waals surface area (Å²) in [5, 5.41) is 10.8. The summed E-state index contributed by atoms with van der Waals surface area (Å²) in [7, 11) is 1.52. The predicted octanol–water partition coefficient (Wildman–Crippen LogP) is 2.93. The highest BCUT2D eigenvalue weighted by Gasteiger charge is 2.12. The van der Waals surface area contributed by atoms with Crippen molar-refractivity contribution in [3.05, 3.63) is 29.3 Å². The van der Waals surface area contributed by atoms with Crippen LogP contribution in [0.3, 0.4) is 0 Å². The molecule has 122 valence electrons. The second-order valence-electron chi connectivity index (χ2n) is 4.81. The molecule has 23 heavy (non-hydrogen) atoms. The molecule has 2 amide bonds. The van der Waals surface area contributed by atoms with Crippen LogP contribution in [-0.2, 0) is 4.79 Å². The van der Waals surface area contributed by atoms with Gasteiger partial charge in [-0.2, -0.15) is 0 Å². The maximum absolute atomic E-state index is 12.0. The number of rotatable bonds is 7. The van der Waals surface area contributed by atoms with Gasteiger partial charge < -0.3 is 15.4 Å². The van der Waals surface area contributed by atoms with Crippen molar-refractivity contribution >= 4 is 34.7 Å². The first-order chi connectivity index (χ1) is 11.1. The molecule has 0 unspecified atom stereocenters. The zero-order chi connectivity index (χ0) is 16.7. The average molecular weight is 334 g/mol. The fourth-order valence-electron chi connectivity index (χ4n) is 1.89. The van der Waals surface area contributed by atoms with E-state index in [1.54, 1.807) is 23.6 Å². The number of carbonyl (C=O) groups is 2. The zero-order valence-electron chi connectivity index (χ0n) is 13.0. The number of methoxy groups -OCH3 is 1. The molecule has 1 heterocycles. The van der Waals surface area contributed by atoms with Gasteiger partial charge in [-0.15, -0.1) is 5.10 Å². The fraction of sp³-hybridized carbons (Fsp3) is 0.333. The summed E-state index contributed by atoms with van der Waals surface area (Å²) < 4.78 is 8.89. The molecule has 2 rings (SSSR count). The lowest BCUT2D eigenvalue weighted by Crippen LogP contribution is -2.14. The van der Waals surface area contributed by atoms with Crippen molar-refractivity contribution in [3.63, 3.8) is 0 Å². The number of unbranched alkanes of at least 4 members (excludes halogenated alkanes) is 1. The molecular formula is C15H18N4O3S. The predicted molar refractivity (Wildman–Crippen MR) is 89.0 cm³/mol. The van der Waals surface area contributed by atoms with Crippen molar-refractivity contribution in [1.29, 1.82) is 0 Å². The Morgan fingerprint density at radius 1 is 1.30 bits per heavy atom. The number of carbonyl (C=O) groups excluding carboxylic acids is 2. The summed E-state index contributed by atoms with van der Waals surface area (Å²) in [6.45, 7) is 2.03. The number of anilines is 2. The molecule has 1 aromatic carbocycles. The fourth-order valence-corrected chi connectivity index (χ4v) is 2.33. The van der Waals surface area contributed by atoms with Crippen molar-refractivity contribution < 1.29 is 14.3 Å². The first kappa shape index (κ1) is 16.9. The molecule has 2 aromatic rings. The molecule has 0 radical (unpaired) electrons. The van der Waals surface area contributed by atoms with Crippen LogP contribution < -0.4 is 15.4 Å². The standard InChI is InChI=1S/C15H18N4O3S/c1-3-4-5-14(20)17-11-8-10(6-7-13(11)22-2)16-15(21)12-9-23-19-18-12/h6-9H,3-5H2,1-2H3,(H,16,21)(H,17,20). The van der Waals surface area contributed by atoms with E-state index in [0.29, 0.717) is 23.5 Å². The highest BCUT2D eigenvalue weighted by atomic mass is 32.1. The van der Waals surface area contributed by atoms with Gasteiger partial charge in [0.15, 0.2) is 5.69 Å². The van der Waals surface area contributed by atoms with E-state index >= 15 is 0 Å². The van der Waals surface area contributed by atoms with Gasteiger partial charge in [0.2, 0.25) is 5.91 Å². The van der Waals surface area contributed by atoms with Crippen molar-refractivity contribution in [3.8, 4) is 5.75 Å². The third kappa shape index (κ3) is 4.75. The summed E-state index contributed by atoms with van der Waals surface area (Å²) in [5.41, 5.74) is 1.30. The van der Waals surface area contributed by atoms with Crippen LogP contribution in [0.15, 0.2) is 23.6 Å². The van der Waals surface area contributed by atoms with Gasteiger partial charge in [0.05, 0.1) is 12.8 Å². The van der Waals surface area contributed by atoms with Gasteiger partial charge in [0.25, 0.3) is 5.91 Å². The number of nitrogens with zero attached hydrogens (tertiary/aromatic N) is 2. The van der Waals surface area contributed by atoms with Crippen LogP contribution in [0.1, 0.15) is 36.7 Å². The summed E-state index contributed by atoms with van der Waals surface area (Å²) in [6.07, 6.45) is 2.21. The molecule has 8 heteroatoms. The highest BCUT2D eigenvalue weighted by Crippen LogP contribution is 2.28. The van der Waals surface area contributed by atoms with Crippen LogP contribution in [0.2, 0.25) is 0 Å². The Kier molecular flexibility index (Phi) is 6.04. The number of benzene rings is 1. The van der Waals surface area contributed by atoms with E-state index in [1.165, 1.54) is 7.11 Å². The van der Waals surface area contributed by atoms with Gasteiger partial charge in [-0.3, -0.25) is 9.59 Å². The van der Waals surface area contributed by atoms with Crippen molar-refractivity contribution in [2.24, 2.45) is 0 Å². The van der Waals surface area contributed by atoms with E-state index in [2.05, 4.69) is 20.2 Å². The normalized spacial score (nSPS) is 10.2. The van der Waals surface area contributed by atoms with Gasteiger partial charge in [0, 0.05) is 17.5 Å². The van der Waals surface area contributed by atoms with E-state index in [4.69, 9.17) is 4.74 Å². The molecule has 0 saturated heterocycles. The van der Waals surface area contributed by atoms with E-state index in [9.17, 15) is 9.59 Å². The third-order valence-corrected chi connectivity index (χ3v) is 3.59. The van der Waals surface area contributed by atoms with Gasteiger partial charge in [-0.05, 0) is 36.2 Å². The lowest BCUT2D eigenvalue weighted by molar-refractivity contribution is -0.116. The topological polar surface area (TPSA) is 93.2 Å². The number of nitrogens with one attached hydrogen (secondary N) is 2.